The topological polar surface area (TPSA) is 62.1 Å². The van der Waals surface area contributed by atoms with Crippen molar-refractivity contribution in [3.63, 3.8) is 0 Å². The molecule has 4 nitrogen and oxygen atoms in total. The normalized spacial score (nSPS) is 11.2. The summed E-state index contributed by atoms with van der Waals surface area (Å²) in [4.78, 5) is 17.4. The highest BCUT2D eigenvalue weighted by atomic mass is 16.2. The molecule has 0 saturated heterocycles. The predicted octanol–water partition coefficient (Wildman–Crippen LogP) is 2.87. The van der Waals surface area contributed by atoms with E-state index >= 15 is 0 Å². The number of para-hydroxylation sites is 1. The van der Waals surface area contributed by atoms with Crippen LogP contribution in [-0.4, -0.2) is 28.9 Å². The maximum atomic E-state index is 12.4. The number of aromatic nitrogens is 1. The Morgan fingerprint density at radius 2 is 2.16 bits per heavy atom. The Hall–Kier alpha value is -1.97. The zero-order valence-electron chi connectivity index (χ0n) is 11.7. The van der Waals surface area contributed by atoms with Gasteiger partial charge < -0.3 is 15.6 Å². The van der Waals surface area contributed by atoms with Gasteiger partial charge in [-0.25, -0.2) is 0 Å². The lowest BCUT2D eigenvalue weighted by Gasteiger charge is -2.22. The van der Waals surface area contributed by atoms with E-state index < -0.39 is 0 Å². The van der Waals surface area contributed by atoms with Gasteiger partial charge in [0.25, 0.3) is 5.91 Å². The van der Waals surface area contributed by atoms with Gasteiger partial charge in [0.15, 0.2) is 0 Å². The van der Waals surface area contributed by atoms with Crippen molar-refractivity contribution >= 4 is 22.5 Å². The van der Waals surface area contributed by atoms with Crippen LogP contribution in [0.2, 0.25) is 0 Å². The Kier molecular flexibility index (Phi) is 3.79. The molecule has 2 rings (SSSR count). The molecule has 0 aliphatic heterocycles. The van der Waals surface area contributed by atoms with E-state index in [-0.39, 0.29) is 5.91 Å². The molecule has 1 heterocycles. The summed E-state index contributed by atoms with van der Waals surface area (Å²) >= 11 is 0. The number of nitrogen functional groups attached to an aromatic ring is 1. The molecule has 1 aromatic heterocycles. The van der Waals surface area contributed by atoms with Crippen LogP contribution in [0.25, 0.3) is 10.9 Å². The van der Waals surface area contributed by atoms with Crippen molar-refractivity contribution in [2.75, 3.05) is 18.8 Å². The van der Waals surface area contributed by atoms with E-state index in [1.165, 1.54) is 0 Å². The number of nitrogens with one attached hydrogen (secondary N) is 1. The fraction of sp³-hybridized carbons (Fsp3) is 0.400. The number of fused-ring (bicyclic) bond motifs is 1. The minimum atomic E-state index is 0.0341. The number of rotatable bonds is 4. The van der Waals surface area contributed by atoms with Gasteiger partial charge in [-0.05, 0) is 25.0 Å². The summed E-state index contributed by atoms with van der Waals surface area (Å²) in [6.07, 6.45) is 0. The van der Waals surface area contributed by atoms with Gasteiger partial charge >= 0.3 is 0 Å². The van der Waals surface area contributed by atoms with E-state index in [1.807, 2.05) is 36.1 Å². The minimum Gasteiger partial charge on any atom is -0.397 e. The van der Waals surface area contributed by atoms with Crippen LogP contribution in [0.15, 0.2) is 24.3 Å². The van der Waals surface area contributed by atoms with Crippen molar-refractivity contribution in [3.8, 4) is 0 Å². The SMILES string of the molecule is CCN(CC(C)C)C(=O)c1cc2cccc(N)c2[nH]1. The Morgan fingerprint density at radius 3 is 2.74 bits per heavy atom. The first-order valence-corrected chi connectivity index (χ1v) is 6.69. The quantitative estimate of drug-likeness (QED) is 0.829. The lowest BCUT2D eigenvalue weighted by Crippen LogP contribution is -2.34. The average molecular weight is 259 g/mol. The number of nitrogens with zero attached hydrogens (tertiary/aromatic N) is 1. The Morgan fingerprint density at radius 1 is 1.42 bits per heavy atom. The van der Waals surface area contributed by atoms with Crippen LogP contribution < -0.4 is 5.73 Å². The summed E-state index contributed by atoms with van der Waals surface area (Å²) in [7, 11) is 0. The second-order valence-corrected chi connectivity index (χ2v) is 5.23. The summed E-state index contributed by atoms with van der Waals surface area (Å²) in [5, 5.41) is 0.976. The van der Waals surface area contributed by atoms with Crippen molar-refractivity contribution in [1.29, 1.82) is 0 Å². The minimum absolute atomic E-state index is 0.0341. The highest BCUT2D eigenvalue weighted by Gasteiger charge is 2.17. The molecular weight excluding hydrogens is 238 g/mol. The third-order valence-electron chi connectivity index (χ3n) is 3.17. The van der Waals surface area contributed by atoms with Gasteiger partial charge in [0.05, 0.1) is 11.2 Å². The van der Waals surface area contributed by atoms with Crippen LogP contribution in [0.5, 0.6) is 0 Å². The van der Waals surface area contributed by atoms with E-state index in [0.29, 0.717) is 23.8 Å². The molecule has 0 unspecified atom stereocenters. The molecule has 0 fully saturated rings. The highest BCUT2D eigenvalue weighted by Crippen LogP contribution is 2.22. The third-order valence-corrected chi connectivity index (χ3v) is 3.17. The number of benzene rings is 1. The molecule has 0 spiro atoms. The molecule has 3 N–H and O–H groups in total. The largest absolute Gasteiger partial charge is 0.397 e. The number of carbonyl (C=O) groups excluding carboxylic acids is 1. The van der Waals surface area contributed by atoms with Crippen molar-refractivity contribution in [2.45, 2.75) is 20.8 Å². The predicted molar refractivity (Wildman–Crippen MR) is 79.1 cm³/mol. The van der Waals surface area contributed by atoms with Crippen molar-refractivity contribution in [1.82, 2.24) is 9.88 Å². The van der Waals surface area contributed by atoms with Crippen LogP contribution in [0.4, 0.5) is 5.69 Å². The Labute approximate surface area is 113 Å². The van der Waals surface area contributed by atoms with E-state index in [4.69, 9.17) is 5.73 Å². The molecule has 0 aliphatic carbocycles. The molecule has 19 heavy (non-hydrogen) atoms. The smallest absolute Gasteiger partial charge is 0.270 e. The maximum absolute atomic E-state index is 12.4. The van der Waals surface area contributed by atoms with Gasteiger partial charge in [0.1, 0.15) is 5.69 Å². The maximum Gasteiger partial charge on any atom is 0.270 e. The second kappa shape index (κ2) is 5.34. The number of anilines is 1. The fourth-order valence-electron chi connectivity index (χ4n) is 2.26. The van der Waals surface area contributed by atoms with E-state index in [0.717, 1.165) is 17.4 Å². The highest BCUT2D eigenvalue weighted by molar-refractivity contribution is 6.00. The monoisotopic (exact) mass is 259 g/mol. The molecule has 0 aliphatic rings. The third kappa shape index (κ3) is 2.72. The summed E-state index contributed by atoms with van der Waals surface area (Å²) in [5.74, 6) is 0.491. The number of aromatic amines is 1. The number of amides is 1. The van der Waals surface area contributed by atoms with Crippen LogP contribution >= 0.6 is 0 Å². The van der Waals surface area contributed by atoms with Gasteiger partial charge in [0, 0.05) is 18.5 Å². The first-order chi connectivity index (χ1) is 9.02. The van der Waals surface area contributed by atoms with E-state index in [9.17, 15) is 4.79 Å². The molecule has 102 valence electrons. The molecule has 0 radical (unpaired) electrons. The zero-order chi connectivity index (χ0) is 14.0. The van der Waals surface area contributed by atoms with Crippen LogP contribution in [0, 0.1) is 5.92 Å². The van der Waals surface area contributed by atoms with Gasteiger partial charge in [-0.2, -0.15) is 0 Å². The van der Waals surface area contributed by atoms with Gasteiger partial charge in [-0.1, -0.05) is 26.0 Å². The number of nitrogens with two attached hydrogens (primary N) is 1. The van der Waals surface area contributed by atoms with Crippen LogP contribution in [0.1, 0.15) is 31.3 Å². The summed E-state index contributed by atoms with van der Waals surface area (Å²) in [6, 6.07) is 7.55. The first-order valence-electron chi connectivity index (χ1n) is 6.69. The lowest BCUT2D eigenvalue weighted by atomic mass is 10.2. The molecule has 2 aromatic rings. The fourth-order valence-corrected chi connectivity index (χ4v) is 2.26. The molecule has 1 amide bonds. The lowest BCUT2D eigenvalue weighted by molar-refractivity contribution is 0.0741. The molecule has 1 aromatic carbocycles. The molecule has 4 heteroatoms. The van der Waals surface area contributed by atoms with E-state index in [2.05, 4.69) is 18.8 Å². The molecule has 0 saturated carbocycles. The average Bonchev–Trinajstić information content (AvgIpc) is 2.80. The summed E-state index contributed by atoms with van der Waals surface area (Å²) in [6.45, 7) is 7.69. The Balaban J connectivity index is 2.33. The molecule has 0 atom stereocenters. The van der Waals surface area contributed by atoms with Gasteiger partial charge in [-0.15, -0.1) is 0 Å². The van der Waals surface area contributed by atoms with Crippen molar-refractivity contribution in [3.05, 3.63) is 30.0 Å². The summed E-state index contributed by atoms with van der Waals surface area (Å²) < 4.78 is 0. The first kappa shape index (κ1) is 13.5. The molecule has 0 bridgehead atoms. The standard InChI is InChI=1S/C15H21N3O/c1-4-18(9-10(2)3)15(19)13-8-11-6-5-7-12(16)14(11)17-13/h5-8,10,17H,4,9,16H2,1-3H3. The van der Waals surface area contributed by atoms with Crippen LogP contribution in [0.3, 0.4) is 0 Å². The van der Waals surface area contributed by atoms with Crippen molar-refractivity contribution in [2.24, 2.45) is 5.92 Å². The zero-order valence-corrected chi connectivity index (χ0v) is 11.7. The Bertz CT molecular complexity index is 586. The number of hydrogen-bond acceptors (Lipinski definition) is 2. The van der Waals surface area contributed by atoms with E-state index in [1.54, 1.807) is 0 Å². The van der Waals surface area contributed by atoms with Gasteiger partial charge in [-0.3, -0.25) is 4.79 Å². The number of hydrogen-bond donors (Lipinski definition) is 2. The van der Waals surface area contributed by atoms with Gasteiger partial charge in [0.2, 0.25) is 0 Å². The molecular formula is C15H21N3O. The van der Waals surface area contributed by atoms with Crippen LogP contribution in [-0.2, 0) is 0 Å². The summed E-state index contributed by atoms with van der Waals surface area (Å²) in [5.41, 5.74) is 8.02. The number of H-pyrrole nitrogens is 1. The van der Waals surface area contributed by atoms with Crippen molar-refractivity contribution < 1.29 is 4.79 Å². The second-order valence-electron chi connectivity index (χ2n) is 5.23. The number of carbonyl (C=O) groups is 1.